The summed E-state index contributed by atoms with van der Waals surface area (Å²) in [5, 5.41) is 11.0. The first-order valence-electron chi connectivity index (χ1n) is 11.2. The van der Waals surface area contributed by atoms with Crippen molar-refractivity contribution in [3.63, 3.8) is 0 Å². The molecular weight excluding hydrogens is 443 g/mol. The fourth-order valence-corrected chi connectivity index (χ4v) is 4.20. The number of hydrogen-bond donors (Lipinski definition) is 3. The Kier molecular flexibility index (Phi) is 4.95. The second-order valence-electron chi connectivity index (χ2n) is 8.54. The highest BCUT2D eigenvalue weighted by atomic mass is 19.1. The Hall–Kier alpha value is -4.66. The van der Waals surface area contributed by atoms with Crippen LogP contribution >= 0.6 is 0 Å². The zero-order valence-corrected chi connectivity index (χ0v) is 19.0. The average Bonchev–Trinajstić information content (AvgIpc) is 3.49. The van der Waals surface area contributed by atoms with Gasteiger partial charge in [-0.25, -0.2) is 9.37 Å². The van der Waals surface area contributed by atoms with E-state index in [-0.39, 0.29) is 6.04 Å². The number of halogens is 1. The lowest BCUT2D eigenvalue weighted by atomic mass is 10.0. The van der Waals surface area contributed by atoms with Gasteiger partial charge in [0.15, 0.2) is 5.82 Å². The van der Waals surface area contributed by atoms with Crippen molar-refractivity contribution >= 4 is 27.6 Å². The Balaban J connectivity index is 1.49. The fourth-order valence-electron chi connectivity index (χ4n) is 4.20. The van der Waals surface area contributed by atoms with Crippen LogP contribution < -0.4 is 5.32 Å². The van der Waals surface area contributed by atoms with Gasteiger partial charge in [-0.1, -0.05) is 6.07 Å². The summed E-state index contributed by atoms with van der Waals surface area (Å²) >= 11 is 0. The molecule has 35 heavy (non-hydrogen) atoms. The minimum Gasteiger partial charge on any atom is -0.382 e. The number of fused-ring (bicyclic) bond motifs is 2. The molecule has 0 aliphatic carbocycles. The lowest BCUT2D eigenvalue weighted by Crippen LogP contribution is -2.09. The number of aromatic amines is 2. The number of benzene rings is 1. The van der Waals surface area contributed by atoms with E-state index in [2.05, 4.69) is 35.5 Å². The summed E-state index contributed by atoms with van der Waals surface area (Å²) in [6, 6.07) is 13.1. The third-order valence-corrected chi connectivity index (χ3v) is 5.70. The number of anilines is 1. The van der Waals surface area contributed by atoms with E-state index in [9.17, 15) is 0 Å². The van der Waals surface area contributed by atoms with Gasteiger partial charge in [-0.15, -0.1) is 0 Å². The molecule has 0 spiro atoms. The normalized spacial score (nSPS) is 11.5. The van der Waals surface area contributed by atoms with Crippen molar-refractivity contribution in [1.29, 1.82) is 0 Å². The first-order chi connectivity index (χ1) is 17.1. The summed E-state index contributed by atoms with van der Waals surface area (Å²) in [6.07, 6.45) is 6.79. The number of nitrogens with zero attached hydrogens (tertiary/aromatic N) is 5. The van der Waals surface area contributed by atoms with Crippen LogP contribution in [0.1, 0.15) is 13.8 Å². The van der Waals surface area contributed by atoms with Gasteiger partial charge in [0.05, 0.1) is 27.8 Å². The molecule has 0 aliphatic rings. The summed E-state index contributed by atoms with van der Waals surface area (Å²) in [7, 11) is 0. The third kappa shape index (κ3) is 3.67. The molecule has 5 aromatic heterocycles. The first-order valence-corrected chi connectivity index (χ1v) is 11.2. The molecule has 8 nitrogen and oxygen atoms in total. The van der Waals surface area contributed by atoms with E-state index in [1.54, 1.807) is 30.9 Å². The molecule has 0 saturated carbocycles. The maximum absolute atomic E-state index is 16.0. The highest BCUT2D eigenvalue weighted by Crippen LogP contribution is 2.35. The topological polar surface area (TPSA) is 108 Å². The second kappa shape index (κ2) is 8.28. The number of imidazole rings is 1. The summed E-state index contributed by atoms with van der Waals surface area (Å²) in [6.45, 7) is 4.08. The molecular formula is C26H21FN8. The molecule has 0 unspecified atom stereocenters. The highest BCUT2D eigenvalue weighted by molar-refractivity contribution is 5.98. The number of aromatic nitrogens is 7. The van der Waals surface area contributed by atoms with Gasteiger partial charge >= 0.3 is 0 Å². The quantitative estimate of drug-likeness (QED) is 0.307. The molecule has 0 radical (unpaired) electrons. The van der Waals surface area contributed by atoms with E-state index < -0.39 is 5.82 Å². The van der Waals surface area contributed by atoms with Crippen LogP contribution in [0.25, 0.3) is 56.0 Å². The van der Waals surface area contributed by atoms with Gasteiger partial charge in [-0.05, 0) is 50.2 Å². The largest absolute Gasteiger partial charge is 0.382 e. The van der Waals surface area contributed by atoms with Crippen LogP contribution in [-0.2, 0) is 0 Å². The first kappa shape index (κ1) is 20.9. The molecule has 0 amide bonds. The molecule has 0 atom stereocenters. The predicted molar refractivity (Wildman–Crippen MR) is 134 cm³/mol. The Morgan fingerprint density at radius 1 is 0.943 bits per heavy atom. The maximum atomic E-state index is 16.0. The van der Waals surface area contributed by atoms with Crippen molar-refractivity contribution in [3.8, 4) is 34.0 Å². The van der Waals surface area contributed by atoms with Crippen molar-refractivity contribution in [2.24, 2.45) is 0 Å². The molecule has 0 saturated heterocycles. The van der Waals surface area contributed by atoms with Crippen molar-refractivity contribution in [3.05, 3.63) is 73.1 Å². The van der Waals surface area contributed by atoms with Gasteiger partial charge in [-0.3, -0.25) is 20.1 Å². The minimum absolute atomic E-state index is 0.235. The number of hydrogen-bond acceptors (Lipinski definition) is 6. The van der Waals surface area contributed by atoms with Crippen LogP contribution in [0, 0.1) is 5.82 Å². The van der Waals surface area contributed by atoms with Crippen LogP contribution in [-0.4, -0.2) is 41.2 Å². The molecule has 0 aliphatic heterocycles. The monoisotopic (exact) mass is 464 g/mol. The Morgan fingerprint density at radius 2 is 1.86 bits per heavy atom. The van der Waals surface area contributed by atoms with Crippen LogP contribution in [0.2, 0.25) is 0 Å². The van der Waals surface area contributed by atoms with E-state index in [0.29, 0.717) is 50.5 Å². The zero-order chi connectivity index (χ0) is 23.9. The Labute approximate surface area is 199 Å². The van der Waals surface area contributed by atoms with Gasteiger partial charge in [-0.2, -0.15) is 5.10 Å². The number of nitrogens with one attached hydrogen (secondary N) is 3. The van der Waals surface area contributed by atoms with Gasteiger partial charge in [0.2, 0.25) is 0 Å². The van der Waals surface area contributed by atoms with Crippen molar-refractivity contribution in [1.82, 2.24) is 35.1 Å². The van der Waals surface area contributed by atoms with Gasteiger partial charge in [0.1, 0.15) is 22.7 Å². The maximum Gasteiger partial charge on any atom is 0.159 e. The molecule has 0 fully saturated rings. The van der Waals surface area contributed by atoms with Crippen molar-refractivity contribution < 1.29 is 4.39 Å². The molecule has 1 aromatic carbocycles. The number of rotatable bonds is 5. The molecule has 6 aromatic rings. The molecule has 172 valence electrons. The Morgan fingerprint density at radius 3 is 2.69 bits per heavy atom. The second-order valence-corrected chi connectivity index (χ2v) is 8.54. The number of pyridine rings is 3. The minimum atomic E-state index is -0.390. The zero-order valence-electron chi connectivity index (χ0n) is 19.0. The SMILES string of the molecule is CC(C)Nc1cncc(-c2ccc3[nH]nc(-c4nc5c(-c6ccccn6)nccc5[nH]4)c3c2F)c1. The van der Waals surface area contributed by atoms with E-state index in [4.69, 9.17) is 4.98 Å². The van der Waals surface area contributed by atoms with Crippen LogP contribution in [0.5, 0.6) is 0 Å². The Bertz CT molecular complexity index is 1670. The lowest BCUT2D eigenvalue weighted by molar-refractivity contribution is 0.643. The van der Waals surface area contributed by atoms with E-state index in [1.165, 1.54) is 0 Å². The van der Waals surface area contributed by atoms with E-state index in [0.717, 1.165) is 11.2 Å². The van der Waals surface area contributed by atoms with Crippen molar-refractivity contribution in [2.75, 3.05) is 5.32 Å². The molecule has 9 heteroatoms. The van der Waals surface area contributed by atoms with Crippen molar-refractivity contribution in [2.45, 2.75) is 19.9 Å². The molecule has 0 bridgehead atoms. The van der Waals surface area contributed by atoms with Gasteiger partial charge in [0, 0.05) is 42.0 Å². The van der Waals surface area contributed by atoms with Crippen LogP contribution in [0.4, 0.5) is 10.1 Å². The van der Waals surface area contributed by atoms with E-state index >= 15 is 4.39 Å². The smallest absolute Gasteiger partial charge is 0.159 e. The molecule has 3 N–H and O–H groups in total. The fraction of sp³-hybridized carbons (Fsp3) is 0.115. The standard InChI is InChI=1S/C26H21FN8/c1-14(2)31-16-11-15(12-28-13-16)17-6-7-18-21(22(17)27)25(35-34-18)26-32-20-8-10-30-23(24(20)33-26)19-5-3-4-9-29-19/h3-14,31H,1-2H3,(H,32,33)(H,34,35). The number of H-pyrrole nitrogens is 2. The van der Waals surface area contributed by atoms with Crippen LogP contribution in [0.3, 0.4) is 0 Å². The van der Waals surface area contributed by atoms with Gasteiger partial charge < -0.3 is 10.3 Å². The van der Waals surface area contributed by atoms with E-state index in [1.807, 2.05) is 50.2 Å². The summed E-state index contributed by atoms with van der Waals surface area (Å²) < 4.78 is 16.0. The summed E-state index contributed by atoms with van der Waals surface area (Å²) in [5.41, 5.74) is 5.68. The molecule has 5 heterocycles. The molecule has 6 rings (SSSR count). The average molecular weight is 465 g/mol. The van der Waals surface area contributed by atoms with Gasteiger partial charge in [0.25, 0.3) is 0 Å². The third-order valence-electron chi connectivity index (χ3n) is 5.70. The summed E-state index contributed by atoms with van der Waals surface area (Å²) in [4.78, 5) is 21.2. The summed E-state index contributed by atoms with van der Waals surface area (Å²) in [5.74, 6) is 0.0547. The predicted octanol–water partition coefficient (Wildman–Crippen LogP) is 5.58. The lowest BCUT2D eigenvalue weighted by Gasteiger charge is -2.11. The highest BCUT2D eigenvalue weighted by Gasteiger charge is 2.21. The van der Waals surface area contributed by atoms with Crippen LogP contribution in [0.15, 0.2) is 67.3 Å².